The van der Waals surface area contributed by atoms with E-state index in [4.69, 9.17) is 16.3 Å². The van der Waals surface area contributed by atoms with Gasteiger partial charge in [-0.25, -0.2) is 14.8 Å². The molecule has 2 aliphatic heterocycles. The van der Waals surface area contributed by atoms with Crippen molar-refractivity contribution in [1.29, 1.82) is 0 Å². The Kier molecular flexibility index (Phi) is 5.32. The zero-order valence-electron chi connectivity index (χ0n) is 17.1. The first-order valence-electron chi connectivity index (χ1n) is 11.0. The number of alkyl halides is 2. The van der Waals surface area contributed by atoms with Crippen LogP contribution < -0.4 is 21.4 Å². The molecule has 164 valence electrons. The van der Waals surface area contributed by atoms with Crippen molar-refractivity contribution in [3.05, 3.63) is 0 Å². The van der Waals surface area contributed by atoms with E-state index in [9.17, 15) is 9.18 Å². The van der Waals surface area contributed by atoms with Gasteiger partial charge in [0.25, 0.3) is 0 Å². The molecule has 2 bridgehead atoms. The maximum absolute atomic E-state index is 13.7. The van der Waals surface area contributed by atoms with E-state index in [1.807, 2.05) is 0 Å². The standard InChI is InChI=1S/C20H33ClFN5O2/c1-27-7-12-4-5-23-18(17(12)26-27)25-20-9-19(10-20,11-20)24-16(28)8-29-13-2-3-14(21)15(22)6-13/h12-15,17-18,23,25-26H,2-11H2,1H3,(H,24,28). The fourth-order valence-corrected chi connectivity index (χ4v) is 6.54. The molecule has 4 aliphatic carbocycles. The smallest absolute Gasteiger partial charge is 0.246 e. The number of piperidine rings is 1. The summed E-state index contributed by atoms with van der Waals surface area (Å²) in [5, 5.41) is 12.4. The molecule has 4 N–H and O–H groups in total. The number of ether oxygens (including phenoxy) is 1. The van der Waals surface area contributed by atoms with Gasteiger partial charge < -0.3 is 15.4 Å². The third kappa shape index (κ3) is 3.92. The van der Waals surface area contributed by atoms with E-state index in [1.165, 1.54) is 6.42 Å². The Bertz CT molecular complexity index is 635. The normalized spacial score (nSPS) is 49.1. The summed E-state index contributed by atoms with van der Waals surface area (Å²) in [6.07, 6.45) is 4.79. The second-order valence-electron chi connectivity index (χ2n) is 10.1. The quantitative estimate of drug-likeness (QED) is 0.464. The minimum atomic E-state index is -1.04. The van der Waals surface area contributed by atoms with Gasteiger partial charge in [0.05, 0.1) is 23.7 Å². The highest BCUT2D eigenvalue weighted by atomic mass is 35.5. The minimum Gasteiger partial charge on any atom is -0.368 e. The van der Waals surface area contributed by atoms with Crippen molar-refractivity contribution in [1.82, 2.24) is 26.4 Å². The highest BCUT2D eigenvalue weighted by molar-refractivity contribution is 6.21. The summed E-state index contributed by atoms with van der Waals surface area (Å²) in [5.41, 5.74) is 3.65. The van der Waals surface area contributed by atoms with Crippen LogP contribution in [-0.4, -0.2) is 78.6 Å². The van der Waals surface area contributed by atoms with Crippen molar-refractivity contribution in [2.75, 3.05) is 26.7 Å². The molecule has 6 unspecified atom stereocenters. The molecule has 29 heavy (non-hydrogen) atoms. The van der Waals surface area contributed by atoms with Crippen LogP contribution in [0.3, 0.4) is 0 Å². The number of amides is 1. The number of halogens is 2. The SMILES string of the molecule is CN1CC2CCNC(NC34CC(NC(=O)COC5CCC(Cl)C(F)C5)(C3)C4)C2N1. The van der Waals surface area contributed by atoms with Crippen molar-refractivity contribution < 1.29 is 13.9 Å². The van der Waals surface area contributed by atoms with Crippen LogP contribution in [0.5, 0.6) is 0 Å². The number of hydrogen-bond acceptors (Lipinski definition) is 6. The van der Waals surface area contributed by atoms with E-state index in [0.29, 0.717) is 24.8 Å². The van der Waals surface area contributed by atoms with E-state index < -0.39 is 11.5 Å². The first kappa shape index (κ1) is 20.4. The molecule has 0 aromatic heterocycles. The summed E-state index contributed by atoms with van der Waals surface area (Å²) in [5.74, 6) is 0.603. The average molecular weight is 430 g/mol. The van der Waals surface area contributed by atoms with Gasteiger partial charge in [0.1, 0.15) is 12.8 Å². The predicted molar refractivity (Wildman–Crippen MR) is 108 cm³/mol. The van der Waals surface area contributed by atoms with Crippen LogP contribution in [0, 0.1) is 5.92 Å². The Hall–Kier alpha value is -0.510. The Balaban J connectivity index is 1.05. The van der Waals surface area contributed by atoms with Crippen molar-refractivity contribution in [2.45, 2.75) is 85.9 Å². The van der Waals surface area contributed by atoms with Crippen LogP contribution in [-0.2, 0) is 9.53 Å². The van der Waals surface area contributed by atoms with Crippen molar-refractivity contribution in [3.8, 4) is 0 Å². The molecule has 6 atom stereocenters. The van der Waals surface area contributed by atoms with Crippen LogP contribution in [0.2, 0.25) is 0 Å². The second kappa shape index (κ2) is 7.57. The first-order chi connectivity index (χ1) is 13.9. The second-order valence-corrected chi connectivity index (χ2v) is 10.6. The summed E-state index contributed by atoms with van der Waals surface area (Å²) in [4.78, 5) is 12.3. The van der Waals surface area contributed by atoms with Gasteiger partial charge in [0.15, 0.2) is 0 Å². The lowest BCUT2D eigenvalue weighted by atomic mass is 9.44. The van der Waals surface area contributed by atoms with Crippen molar-refractivity contribution in [2.24, 2.45) is 5.92 Å². The molecule has 9 heteroatoms. The zero-order chi connectivity index (χ0) is 20.2. The van der Waals surface area contributed by atoms with E-state index >= 15 is 0 Å². The summed E-state index contributed by atoms with van der Waals surface area (Å²) in [6, 6.07) is 0.434. The lowest BCUT2D eigenvalue weighted by molar-refractivity contribution is -0.150. The summed E-state index contributed by atoms with van der Waals surface area (Å²) >= 11 is 5.91. The molecule has 6 fully saturated rings. The molecule has 1 amide bonds. The van der Waals surface area contributed by atoms with Gasteiger partial charge in [-0.15, -0.1) is 11.6 Å². The number of carbonyl (C=O) groups excluding carboxylic acids is 1. The lowest BCUT2D eigenvalue weighted by Crippen LogP contribution is -2.86. The fraction of sp³-hybridized carbons (Fsp3) is 0.950. The number of rotatable bonds is 6. The molecule has 2 heterocycles. The lowest BCUT2D eigenvalue weighted by Gasteiger charge is -2.71. The number of fused-ring (bicyclic) bond motifs is 1. The molecule has 2 saturated heterocycles. The van der Waals surface area contributed by atoms with Gasteiger partial charge in [0.2, 0.25) is 5.91 Å². The number of hydrogen-bond donors (Lipinski definition) is 4. The third-order valence-electron chi connectivity index (χ3n) is 7.62. The van der Waals surface area contributed by atoms with Crippen LogP contribution in [0.4, 0.5) is 4.39 Å². The summed E-state index contributed by atoms with van der Waals surface area (Å²) in [7, 11) is 2.11. The van der Waals surface area contributed by atoms with Crippen molar-refractivity contribution >= 4 is 17.5 Å². The highest BCUT2D eigenvalue weighted by Gasteiger charge is 2.69. The number of carbonyl (C=O) groups is 1. The Morgan fingerprint density at radius 1 is 1.28 bits per heavy atom. The van der Waals surface area contributed by atoms with Gasteiger partial charge in [-0.1, -0.05) is 0 Å². The first-order valence-corrected chi connectivity index (χ1v) is 11.5. The summed E-state index contributed by atoms with van der Waals surface area (Å²) < 4.78 is 19.3. The summed E-state index contributed by atoms with van der Waals surface area (Å²) in [6.45, 7) is 2.17. The Morgan fingerprint density at radius 2 is 2.07 bits per heavy atom. The maximum atomic E-state index is 13.7. The number of nitrogens with one attached hydrogen (secondary N) is 4. The molecule has 0 radical (unpaired) electrons. The molecule has 7 nitrogen and oxygen atoms in total. The monoisotopic (exact) mass is 429 g/mol. The molecule has 0 aromatic rings. The fourth-order valence-electron chi connectivity index (χ4n) is 6.31. The third-order valence-corrected chi connectivity index (χ3v) is 8.11. The molecule has 0 spiro atoms. The molecule has 4 saturated carbocycles. The zero-order valence-corrected chi connectivity index (χ0v) is 17.8. The minimum absolute atomic E-state index is 0.0106. The largest absolute Gasteiger partial charge is 0.368 e. The van der Waals surface area contributed by atoms with Crippen molar-refractivity contribution in [3.63, 3.8) is 0 Å². The van der Waals surface area contributed by atoms with E-state index in [2.05, 4.69) is 33.4 Å². The van der Waals surface area contributed by atoms with Crippen LogP contribution in [0.25, 0.3) is 0 Å². The molecular weight excluding hydrogens is 397 g/mol. The van der Waals surface area contributed by atoms with E-state index in [1.54, 1.807) is 0 Å². The average Bonchev–Trinajstić information content (AvgIpc) is 3.01. The van der Waals surface area contributed by atoms with E-state index in [0.717, 1.165) is 38.8 Å². The predicted octanol–water partition coefficient (Wildman–Crippen LogP) is 0.636. The van der Waals surface area contributed by atoms with E-state index in [-0.39, 0.29) is 35.9 Å². The molecule has 0 aromatic carbocycles. The van der Waals surface area contributed by atoms with Gasteiger partial charge in [-0.2, -0.15) is 0 Å². The molecule has 6 rings (SSSR count). The van der Waals surface area contributed by atoms with Crippen LogP contribution >= 0.6 is 11.6 Å². The van der Waals surface area contributed by atoms with Gasteiger partial charge >= 0.3 is 0 Å². The van der Waals surface area contributed by atoms with Gasteiger partial charge in [-0.3, -0.25) is 10.1 Å². The Labute approximate surface area is 176 Å². The van der Waals surface area contributed by atoms with Gasteiger partial charge in [-0.05, 0) is 51.0 Å². The maximum Gasteiger partial charge on any atom is 0.246 e. The van der Waals surface area contributed by atoms with Crippen LogP contribution in [0.15, 0.2) is 0 Å². The Morgan fingerprint density at radius 3 is 2.83 bits per heavy atom. The number of hydrazine groups is 1. The van der Waals surface area contributed by atoms with Gasteiger partial charge in [0, 0.05) is 31.1 Å². The topological polar surface area (TPSA) is 77.7 Å². The molecule has 6 aliphatic rings. The highest BCUT2D eigenvalue weighted by Crippen LogP contribution is 2.60. The molecular formula is C20H33ClFN5O2. The number of nitrogens with zero attached hydrogens (tertiary/aromatic N) is 1. The van der Waals surface area contributed by atoms with Crippen LogP contribution in [0.1, 0.15) is 44.9 Å².